The third kappa shape index (κ3) is 1.35. The summed E-state index contributed by atoms with van der Waals surface area (Å²) in [6.45, 7) is 2.08. The zero-order valence-corrected chi connectivity index (χ0v) is 7.71. The van der Waals surface area contributed by atoms with E-state index in [1.54, 1.807) is 0 Å². The molecule has 3 rings (SSSR count). The zero-order valence-electron chi connectivity index (χ0n) is 7.71. The number of pyridine rings is 1. The summed E-state index contributed by atoms with van der Waals surface area (Å²) in [5.41, 5.74) is 4.06. The first-order chi connectivity index (χ1) is 6.43. The monoisotopic (exact) mass is 174 g/mol. The number of nitrogens with zero attached hydrogens (tertiary/aromatic N) is 1. The van der Waals surface area contributed by atoms with E-state index < -0.39 is 0 Å². The Morgan fingerprint density at radius 1 is 1.31 bits per heavy atom. The molecule has 1 aromatic heterocycles. The minimum Gasteiger partial charge on any atom is -0.311 e. The van der Waals surface area contributed by atoms with E-state index in [1.807, 2.05) is 0 Å². The van der Waals surface area contributed by atoms with Gasteiger partial charge in [0.2, 0.25) is 0 Å². The van der Waals surface area contributed by atoms with E-state index in [-0.39, 0.29) is 0 Å². The van der Waals surface area contributed by atoms with E-state index in [2.05, 4.69) is 17.4 Å². The van der Waals surface area contributed by atoms with Crippen LogP contribution in [0.15, 0.2) is 12.1 Å². The smallest absolute Gasteiger partial charge is 0.0577 e. The summed E-state index contributed by atoms with van der Waals surface area (Å²) in [5, 5.41) is 3.36. The lowest BCUT2D eigenvalue weighted by Crippen LogP contribution is -2.24. The Morgan fingerprint density at radius 2 is 2.23 bits per heavy atom. The predicted octanol–water partition coefficient (Wildman–Crippen LogP) is 1.60. The molecule has 1 aromatic rings. The van der Waals surface area contributed by atoms with Crippen molar-refractivity contribution in [2.75, 3.05) is 6.54 Å². The van der Waals surface area contributed by atoms with Crippen molar-refractivity contribution in [3.05, 3.63) is 29.1 Å². The van der Waals surface area contributed by atoms with Crippen molar-refractivity contribution in [1.29, 1.82) is 0 Å². The fourth-order valence-electron chi connectivity index (χ4n) is 1.96. The Bertz CT molecular complexity index is 329. The Morgan fingerprint density at radius 3 is 3.08 bits per heavy atom. The molecule has 2 heteroatoms. The largest absolute Gasteiger partial charge is 0.311 e. The van der Waals surface area contributed by atoms with Crippen LogP contribution in [0.25, 0.3) is 0 Å². The highest BCUT2D eigenvalue weighted by Gasteiger charge is 2.25. The first-order valence-corrected chi connectivity index (χ1v) is 5.13. The van der Waals surface area contributed by atoms with Gasteiger partial charge in [-0.25, -0.2) is 0 Å². The second kappa shape index (κ2) is 2.81. The van der Waals surface area contributed by atoms with Crippen LogP contribution in [-0.4, -0.2) is 11.5 Å². The van der Waals surface area contributed by atoms with Gasteiger partial charge in [0.05, 0.1) is 5.69 Å². The SMILES string of the molecule is c1cc2c(nc1C1CC1)CNCC2. The molecule has 1 fully saturated rings. The molecule has 0 spiro atoms. The third-order valence-electron chi connectivity index (χ3n) is 2.95. The molecule has 0 bridgehead atoms. The highest BCUT2D eigenvalue weighted by molar-refractivity contribution is 5.28. The van der Waals surface area contributed by atoms with Crippen LogP contribution >= 0.6 is 0 Å². The van der Waals surface area contributed by atoms with E-state index in [0.717, 1.165) is 25.4 Å². The van der Waals surface area contributed by atoms with Crippen LogP contribution in [0.3, 0.4) is 0 Å². The molecule has 0 unspecified atom stereocenters. The van der Waals surface area contributed by atoms with E-state index in [1.165, 1.54) is 29.8 Å². The molecule has 0 aromatic carbocycles. The quantitative estimate of drug-likeness (QED) is 0.699. The van der Waals surface area contributed by atoms with Crippen molar-refractivity contribution in [3.63, 3.8) is 0 Å². The number of nitrogens with one attached hydrogen (secondary N) is 1. The molecule has 0 radical (unpaired) electrons. The molecule has 1 aliphatic heterocycles. The summed E-state index contributed by atoms with van der Waals surface area (Å²) in [6, 6.07) is 4.50. The molecule has 1 aliphatic carbocycles. The molecule has 1 saturated carbocycles. The summed E-state index contributed by atoms with van der Waals surface area (Å²) < 4.78 is 0. The highest BCUT2D eigenvalue weighted by Crippen LogP contribution is 2.39. The van der Waals surface area contributed by atoms with Crippen LogP contribution in [0, 0.1) is 0 Å². The molecule has 0 saturated heterocycles. The lowest BCUT2D eigenvalue weighted by molar-refractivity contribution is 0.623. The van der Waals surface area contributed by atoms with Gasteiger partial charge in [0.15, 0.2) is 0 Å². The van der Waals surface area contributed by atoms with Gasteiger partial charge in [-0.3, -0.25) is 4.98 Å². The van der Waals surface area contributed by atoms with Gasteiger partial charge in [0, 0.05) is 18.2 Å². The van der Waals surface area contributed by atoms with Gasteiger partial charge in [-0.05, 0) is 37.4 Å². The highest BCUT2D eigenvalue weighted by atomic mass is 14.9. The molecule has 2 heterocycles. The lowest BCUT2D eigenvalue weighted by Gasteiger charge is -2.16. The zero-order chi connectivity index (χ0) is 8.67. The molecule has 13 heavy (non-hydrogen) atoms. The third-order valence-corrected chi connectivity index (χ3v) is 2.95. The van der Waals surface area contributed by atoms with Crippen molar-refractivity contribution >= 4 is 0 Å². The van der Waals surface area contributed by atoms with Gasteiger partial charge in [0.25, 0.3) is 0 Å². The fourth-order valence-corrected chi connectivity index (χ4v) is 1.96. The minimum atomic E-state index is 0.784. The van der Waals surface area contributed by atoms with Gasteiger partial charge in [-0.1, -0.05) is 6.07 Å². The van der Waals surface area contributed by atoms with Gasteiger partial charge in [0.1, 0.15) is 0 Å². The van der Waals surface area contributed by atoms with Crippen LogP contribution in [-0.2, 0) is 13.0 Å². The predicted molar refractivity (Wildman–Crippen MR) is 51.6 cm³/mol. The normalized spacial score (nSPS) is 21.2. The van der Waals surface area contributed by atoms with Crippen LogP contribution in [0.2, 0.25) is 0 Å². The maximum absolute atomic E-state index is 4.71. The molecular weight excluding hydrogens is 160 g/mol. The topological polar surface area (TPSA) is 24.9 Å². The summed E-state index contributed by atoms with van der Waals surface area (Å²) in [7, 11) is 0. The molecule has 0 atom stereocenters. The molecule has 1 N–H and O–H groups in total. The van der Waals surface area contributed by atoms with E-state index >= 15 is 0 Å². The van der Waals surface area contributed by atoms with Gasteiger partial charge in [-0.15, -0.1) is 0 Å². The summed E-state index contributed by atoms with van der Waals surface area (Å²) >= 11 is 0. The van der Waals surface area contributed by atoms with E-state index in [0.29, 0.717) is 0 Å². The molecule has 68 valence electrons. The number of hydrogen-bond donors (Lipinski definition) is 1. The number of fused-ring (bicyclic) bond motifs is 1. The van der Waals surface area contributed by atoms with Crippen molar-refractivity contribution < 1.29 is 0 Å². The molecule has 2 nitrogen and oxygen atoms in total. The van der Waals surface area contributed by atoms with E-state index in [9.17, 15) is 0 Å². The maximum atomic E-state index is 4.71. The Balaban J connectivity index is 1.98. The number of rotatable bonds is 1. The van der Waals surface area contributed by atoms with E-state index in [4.69, 9.17) is 4.98 Å². The lowest BCUT2D eigenvalue weighted by atomic mass is 10.1. The summed E-state index contributed by atoms with van der Waals surface area (Å²) in [4.78, 5) is 4.71. The van der Waals surface area contributed by atoms with Crippen molar-refractivity contribution in [2.45, 2.75) is 31.7 Å². The Hall–Kier alpha value is -0.890. The summed E-state index contributed by atoms with van der Waals surface area (Å²) in [6.07, 6.45) is 3.84. The Labute approximate surface area is 78.4 Å². The summed E-state index contributed by atoms with van der Waals surface area (Å²) in [5.74, 6) is 0.784. The van der Waals surface area contributed by atoms with Crippen LogP contribution in [0.4, 0.5) is 0 Å². The fraction of sp³-hybridized carbons (Fsp3) is 0.545. The average Bonchev–Trinajstić information content (AvgIpc) is 3.00. The number of hydrogen-bond acceptors (Lipinski definition) is 2. The first-order valence-electron chi connectivity index (χ1n) is 5.13. The van der Waals surface area contributed by atoms with Gasteiger partial charge < -0.3 is 5.32 Å². The molecular formula is C11H14N2. The van der Waals surface area contributed by atoms with Crippen LogP contribution in [0.5, 0.6) is 0 Å². The van der Waals surface area contributed by atoms with Crippen molar-refractivity contribution in [2.24, 2.45) is 0 Å². The standard InChI is InChI=1S/C11H14N2/c1-2-8(1)10-4-3-9-5-6-12-7-11(9)13-10/h3-4,8,12H,1-2,5-7H2. The maximum Gasteiger partial charge on any atom is 0.0577 e. The van der Waals surface area contributed by atoms with Crippen LogP contribution in [0.1, 0.15) is 35.7 Å². The molecule has 0 amide bonds. The average molecular weight is 174 g/mol. The number of aromatic nitrogens is 1. The molecule has 2 aliphatic rings. The van der Waals surface area contributed by atoms with Gasteiger partial charge >= 0.3 is 0 Å². The second-order valence-electron chi connectivity index (χ2n) is 4.04. The minimum absolute atomic E-state index is 0.784. The second-order valence-corrected chi connectivity index (χ2v) is 4.04. The van der Waals surface area contributed by atoms with Crippen molar-refractivity contribution in [3.8, 4) is 0 Å². The van der Waals surface area contributed by atoms with Gasteiger partial charge in [-0.2, -0.15) is 0 Å². The van der Waals surface area contributed by atoms with Crippen molar-refractivity contribution in [1.82, 2.24) is 10.3 Å². The van der Waals surface area contributed by atoms with Crippen LogP contribution < -0.4 is 5.32 Å². The Kier molecular flexibility index (Phi) is 1.62. The first kappa shape index (κ1) is 7.51.